The van der Waals surface area contributed by atoms with Crippen molar-refractivity contribution in [2.75, 3.05) is 0 Å². The molecule has 0 bridgehead atoms. The molecule has 4 aliphatic carbocycles. The lowest BCUT2D eigenvalue weighted by Gasteiger charge is -2.53. The molecule has 0 amide bonds. The van der Waals surface area contributed by atoms with Gasteiger partial charge in [-0.1, -0.05) is 38.5 Å². The lowest BCUT2D eigenvalue weighted by Crippen LogP contribution is -2.48. The highest BCUT2D eigenvalue weighted by molar-refractivity contribution is 6.01. The molecule has 4 rings (SSSR count). The van der Waals surface area contributed by atoms with E-state index >= 15 is 4.39 Å². The molecule has 0 aromatic carbocycles. The topological polar surface area (TPSA) is 34.1 Å². The first-order valence-electron chi connectivity index (χ1n) is 10.0. The predicted molar refractivity (Wildman–Crippen MR) is 100 cm³/mol. The maximum Gasteiger partial charge on any atom is 0.178 e. The maximum atomic E-state index is 15.4. The van der Waals surface area contributed by atoms with E-state index in [2.05, 4.69) is 26.8 Å². The molecule has 0 aromatic rings. The number of hydrogen-bond donors (Lipinski definition) is 0. The first kappa shape index (κ1) is 17.9. The lowest BCUT2D eigenvalue weighted by atomic mass is 9.51. The quantitative estimate of drug-likeness (QED) is 0.652. The second kappa shape index (κ2) is 5.74. The number of fused-ring (bicyclic) bond motifs is 5. The van der Waals surface area contributed by atoms with Gasteiger partial charge in [0.2, 0.25) is 0 Å². The molecule has 0 saturated heterocycles. The van der Waals surface area contributed by atoms with E-state index in [1.54, 1.807) is 12.2 Å². The minimum Gasteiger partial charge on any atom is -0.299 e. The molecule has 2 saturated carbocycles. The van der Waals surface area contributed by atoms with E-state index in [1.165, 1.54) is 0 Å². The molecule has 0 heterocycles. The standard InChI is InChI=1S/C23H29FO2/c1-5-19(26)21-13(2)10-17-20-16(7-9-23(17,21)4)22(3)8-6-15(25)11-14(22)12-18(20)24/h6-8,11,13,17-18,20-21H,5,9-10,12H2,1-4H3/t13-,17?,18?,20?,21+,22-,23-/m0/s1. The molecular weight excluding hydrogens is 327 g/mol. The third-order valence-electron chi connectivity index (χ3n) is 7.97. The van der Waals surface area contributed by atoms with Gasteiger partial charge in [0.1, 0.15) is 12.0 Å². The van der Waals surface area contributed by atoms with Crippen molar-refractivity contribution in [3.8, 4) is 0 Å². The van der Waals surface area contributed by atoms with Crippen LogP contribution in [0.3, 0.4) is 0 Å². The molecule has 0 aliphatic heterocycles. The number of allylic oxidation sites excluding steroid dienone is 6. The summed E-state index contributed by atoms with van der Waals surface area (Å²) < 4.78 is 15.4. The third-order valence-corrected chi connectivity index (χ3v) is 7.97. The van der Waals surface area contributed by atoms with Crippen molar-refractivity contribution < 1.29 is 14.0 Å². The summed E-state index contributed by atoms with van der Waals surface area (Å²) >= 11 is 0. The van der Waals surface area contributed by atoms with Crippen LogP contribution in [-0.4, -0.2) is 17.7 Å². The zero-order valence-electron chi connectivity index (χ0n) is 16.2. The normalized spacial score (nSPS) is 46.8. The van der Waals surface area contributed by atoms with Crippen LogP contribution in [0.1, 0.15) is 53.4 Å². The van der Waals surface area contributed by atoms with Gasteiger partial charge in [-0.2, -0.15) is 0 Å². The van der Waals surface area contributed by atoms with Gasteiger partial charge in [-0.05, 0) is 54.7 Å². The molecule has 26 heavy (non-hydrogen) atoms. The summed E-state index contributed by atoms with van der Waals surface area (Å²) in [5, 5.41) is 0. The minimum atomic E-state index is -0.966. The van der Waals surface area contributed by atoms with Gasteiger partial charge in [-0.15, -0.1) is 0 Å². The number of halogens is 1. The van der Waals surface area contributed by atoms with Crippen molar-refractivity contribution in [3.05, 3.63) is 35.5 Å². The van der Waals surface area contributed by atoms with Crippen LogP contribution in [0.2, 0.25) is 0 Å². The Balaban J connectivity index is 1.80. The summed E-state index contributed by atoms with van der Waals surface area (Å²) in [5.41, 5.74) is 1.58. The van der Waals surface area contributed by atoms with Gasteiger partial charge >= 0.3 is 0 Å². The third kappa shape index (κ3) is 2.21. The summed E-state index contributed by atoms with van der Waals surface area (Å²) in [6.45, 7) is 8.45. The number of rotatable bonds is 2. The highest BCUT2D eigenvalue weighted by atomic mass is 19.1. The smallest absolute Gasteiger partial charge is 0.178 e. The van der Waals surface area contributed by atoms with Crippen molar-refractivity contribution in [1.29, 1.82) is 0 Å². The molecule has 2 nitrogen and oxygen atoms in total. The van der Waals surface area contributed by atoms with Gasteiger partial charge in [0, 0.05) is 30.1 Å². The van der Waals surface area contributed by atoms with E-state index in [1.807, 2.05) is 13.0 Å². The fourth-order valence-electron chi connectivity index (χ4n) is 6.73. The number of Topliss-reactive ketones (excluding diaryl/α,β-unsaturated/α-hetero) is 1. The largest absolute Gasteiger partial charge is 0.299 e. The van der Waals surface area contributed by atoms with Crippen molar-refractivity contribution in [2.45, 2.75) is 59.5 Å². The Morgan fingerprint density at radius 3 is 2.77 bits per heavy atom. The van der Waals surface area contributed by atoms with Crippen LogP contribution in [0.5, 0.6) is 0 Å². The molecule has 0 aromatic heterocycles. The van der Waals surface area contributed by atoms with Crippen LogP contribution in [-0.2, 0) is 9.59 Å². The van der Waals surface area contributed by atoms with E-state index in [4.69, 9.17) is 0 Å². The van der Waals surface area contributed by atoms with Crippen LogP contribution >= 0.6 is 0 Å². The summed E-state index contributed by atoms with van der Waals surface area (Å²) in [5.74, 6) is 0.720. The molecule has 0 spiro atoms. The highest BCUT2D eigenvalue weighted by Crippen LogP contribution is 2.65. The van der Waals surface area contributed by atoms with Crippen molar-refractivity contribution in [3.63, 3.8) is 0 Å². The monoisotopic (exact) mass is 356 g/mol. The molecule has 4 aliphatic rings. The first-order valence-corrected chi connectivity index (χ1v) is 10.0. The SMILES string of the molecule is CCC(=O)[C@H]1[C@@H](C)CC2C3C(=CC[C@@]21C)[C@@]1(C)C=CC(=O)C=C1CC3F. The van der Waals surface area contributed by atoms with Gasteiger partial charge in [0.25, 0.3) is 0 Å². The average molecular weight is 356 g/mol. The average Bonchev–Trinajstić information content (AvgIpc) is 2.86. The zero-order chi connectivity index (χ0) is 18.9. The molecule has 0 N–H and O–H groups in total. The highest BCUT2D eigenvalue weighted by Gasteiger charge is 2.61. The molecule has 140 valence electrons. The van der Waals surface area contributed by atoms with E-state index in [0.29, 0.717) is 24.5 Å². The molecule has 3 heteroatoms. The Kier molecular flexibility index (Phi) is 3.95. The first-order chi connectivity index (χ1) is 12.2. The summed E-state index contributed by atoms with van der Waals surface area (Å²) in [4.78, 5) is 24.5. The molecule has 7 atom stereocenters. The van der Waals surface area contributed by atoms with Gasteiger partial charge < -0.3 is 0 Å². The summed E-state index contributed by atoms with van der Waals surface area (Å²) in [7, 11) is 0. The fraction of sp³-hybridized carbons (Fsp3) is 0.652. The Labute approximate surface area is 155 Å². The maximum absolute atomic E-state index is 15.4. The number of ketones is 2. The number of hydrogen-bond acceptors (Lipinski definition) is 2. The van der Waals surface area contributed by atoms with E-state index < -0.39 is 6.17 Å². The van der Waals surface area contributed by atoms with Gasteiger partial charge in [-0.25, -0.2) is 4.39 Å². The van der Waals surface area contributed by atoms with Crippen molar-refractivity contribution >= 4 is 11.6 Å². The number of carbonyl (C=O) groups excluding carboxylic acids is 2. The predicted octanol–water partition coefficient (Wildman–Crippen LogP) is 5.00. The molecule has 3 unspecified atom stereocenters. The molecule has 0 radical (unpaired) electrons. The van der Waals surface area contributed by atoms with Crippen LogP contribution in [0, 0.1) is 34.5 Å². The zero-order valence-corrected chi connectivity index (χ0v) is 16.2. The van der Waals surface area contributed by atoms with E-state index in [9.17, 15) is 9.59 Å². The van der Waals surface area contributed by atoms with Crippen molar-refractivity contribution in [2.24, 2.45) is 34.5 Å². The van der Waals surface area contributed by atoms with Gasteiger partial charge in [0.15, 0.2) is 5.78 Å². The van der Waals surface area contributed by atoms with Crippen LogP contribution < -0.4 is 0 Å². The summed E-state index contributed by atoms with van der Waals surface area (Å²) in [6.07, 6.45) is 9.16. The Morgan fingerprint density at radius 2 is 2.08 bits per heavy atom. The van der Waals surface area contributed by atoms with Crippen LogP contribution in [0.15, 0.2) is 35.5 Å². The van der Waals surface area contributed by atoms with E-state index in [-0.39, 0.29) is 34.4 Å². The van der Waals surface area contributed by atoms with Crippen molar-refractivity contribution in [1.82, 2.24) is 0 Å². The molecule has 2 fully saturated rings. The summed E-state index contributed by atoms with van der Waals surface area (Å²) in [6, 6.07) is 0. The van der Waals surface area contributed by atoms with Gasteiger partial charge in [-0.3, -0.25) is 9.59 Å². The molecular formula is C23H29FO2. The van der Waals surface area contributed by atoms with Gasteiger partial charge in [0.05, 0.1) is 0 Å². The Morgan fingerprint density at radius 1 is 1.35 bits per heavy atom. The second-order valence-electron chi connectivity index (χ2n) is 9.34. The second-order valence-corrected chi connectivity index (χ2v) is 9.34. The van der Waals surface area contributed by atoms with Crippen LogP contribution in [0.25, 0.3) is 0 Å². The Hall–Kier alpha value is -1.51. The van der Waals surface area contributed by atoms with Crippen LogP contribution in [0.4, 0.5) is 4.39 Å². The minimum absolute atomic E-state index is 0.0348. The number of carbonyl (C=O) groups is 2. The Bertz CT molecular complexity index is 760. The fourth-order valence-corrected chi connectivity index (χ4v) is 6.73. The van der Waals surface area contributed by atoms with E-state index in [0.717, 1.165) is 24.0 Å². The lowest BCUT2D eigenvalue weighted by molar-refractivity contribution is -0.128. The number of alkyl halides is 1.